The van der Waals surface area contributed by atoms with Crippen LogP contribution in [0.2, 0.25) is 0 Å². The fraction of sp³-hybridized carbons (Fsp3) is 0.684. The summed E-state index contributed by atoms with van der Waals surface area (Å²) in [5.41, 5.74) is 7.89. The lowest BCUT2D eigenvalue weighted by Crippen LogP contribution is -2.15. The molecule has 1 aromatic carbocycles. The van der Waals surface area contributed by atoms with Crippen molar-refractivity contribution in [2.75, 3.05) is 85.0 Å². The van der Waals surface area contributed by atoms with Crippen LogP contribution in [0.5, 0.6) is 0 Å². The predicted molar refractivity (Wildman–Crippen MR) is 103 cm³/mol. The number of methoxy groups -OCH3 is 1. The summed E-state index contributed by atoms with van der Waals surface area (Å²) in [7, 11) is 1.65. The molecule has 3 N–H and O–H groups in total. The highest BCUT2D eigenvalue weighted by Crippen LogP contribution is 2.09. The molecule has 0 heterocycles. The minimum Gasteiger partial charge on any atom is -0.383 e. The summed E-state index contributed by atoms with van der Waals surface area (Å²) in [4.78, 5) is 0. The van der Waals surface area contributed by atoms with Crippen molar-refractivity contribution in [2.45, 2.75) is 6.42 Å². The van der Waals surface area contributed by atoms with E-state index in [1.54, 1.807) is 7.11 Å². The molecule has 1 aromatic rings. The topological polar surface area (TPSA) is 84.2 Å². The van der Waals surface area contributed by atoms with Gasteiger partial charge in [0.1, 0.15) is 0 Å². The summed E-state index contributed by atoms with van der Waals surface area (Å²) in [6.07, 6.45) is 0.913. The molecule has 1 rings (SSSR count). The van der Waals surface area contributed by atoms with Gasteiger partial charge in [0.05, 0.1) is 59.5 Å². The van der Waals surface area contributed by atoms with Crippen LogP contribution < -0.4 is 11.1 Å². The molecule has 0 aliphatic heterocycles. The molecule has 0 fully saturated rings. The van der Waals surface area contributed by atoms with Gasteiger partial charge >= 0.3 is 0 Å². The van der Waals surface area contributed by atoms with E-state index in [0.29, 0.717) is 66.0 Å². The lowest BCUT2D eigenvalue weighted by molar-refractivity contribution is -0.00700. The van der Waals surface area contributed by atoms with Gasteiger partial charge in [-0.3, -0.25) is 0 Å². The Morgan fingerprint density at radius 3 is 1.73 bits per heavy atom. The molecule has 0 radical (unpaired) electrons. The molecular formula is C19H34N2O5. The fourth-order valence-electron chi connectivity index (χ4n) is 2.13. The maximum Gasteiger partial charge on any atom is 0.0701 e. The SMILES string of the molecule is COCCOCCOCCOCCOCCNc1ccc(CCN)cc1. The number of hydrogen-bond acceptors (Lipinski definition) is 7. The molecule has 0 aromatic heterocycles. The lowest BCUT2D eigenvalue weighted by Gasteiger charge is -2.09. The van der Waals surface area contributed by atoms with E-state index >= 15 is 0 Å². The van der Waals surface area contributed by atoms with E-state index in [1.807, 2.05) is 0 Å². The van der Waals surface area contributed by atoms with Crippen LogP contribution in [0.15, 0.2) is 24.3 Å². The Hall–Kier alpha value is -1.22. The van der Waals surface area contributed by atoms with Gasteiger partial charge in [-0.15, -0.1) is 0 Å². The van der Waals surface area contributed by atoms with E-state index in [1.165, 1.54) is 5.56 Å². The summed E-state index contributed by atoms with van der Waals surface area (Å²) in [5.74, 6) is 0. The fourth-order valence-corrected chi connectivity index (χ4v) is 2.13. The second kappa shape index (κ2) is 17.2. The van der Waals surface area contributed by atoms with E-state index in [0.717, 1.165) is 18.7 Å². The summed E-state index contributed by atoms with van der Waals surface area (Å²) in [5, 5.41) is 3.32. The van der Waals surface area contributed by atoms with Gasteiger partial charge < -0.3 is 34.7 Å². The number of anilines is 1. The van der Waals surface area contributed by atoms with Gasteiger partial charge in [-0.25, -0.2) is 0 Å². The van der Waals surface area contributed by atoms with Gasteiger partial charge in [0.15, 0.2) is 0 Å². The number of nitrogens with one attached hydrogen (secondary N) is 1. The predicted octanol–water partition coefficient (Wildman–Crippen LogP) is 1.31. The molecule has 7 nitrogen and oxygen atoms in total. The van der Waals surface area contributed by atoms with Crippen molar-refractivity contribution in [3.8, 4) is 0 Å². The van der Waals surface area contributed by atoms with Crippen LogP contribution in [0.25, 0.3) is 0 Å². The first-order valence-electron chi connectivity index (χ1n) is 9.19. The molecule has 0 aliphatic rings. The Morgan fingerprint density at radius 2 is 1.23 bits per heavy atom. The Balaban J connectivity index is 1.80. The zero-order valence-electron chi connectivity index (χ0n) is 15.9. The lowest BCUT2D eigenvalue weighted by atomic mass is 10.1. The zero-order chi connectivity index (χ0) is 18.7. The van der Waals surface area contributed by atoms with Crippen LogP contribution in [0.1, 0.15) is 5.56 Å². The van der Waals surface area contributed by atoms with Crippen molar-refractivity contribution in [2.24, 2.45) is 5.73 Å². The van der Waals surface area contributed by atoms with Crippen LogP contribution >= 0.6 is 0 Å². The molecule has 7 heteroatoms. The van der Waals surface area contributed by atoms with Crippen molar-refractivity contribution in [1.82, 2.24) is 0 Å². The van der Waals surface area contributed by atoms with Gasteiger partial charge in [-0.2, -0.15) is 0 Å². The maximum atomic E-state index is 5.54. The number of rotatable bonds is 18. The molecule has 0 aliphatic carbocycles. The first kappa shape index (κ1) is 22.8. The third-order valence-electron chi connectivity index (χ3n) is 3.51. The van der Waals surface area contributed by atoms with Gasteiger partial charge in [0.25, 0.3) is 0 Å². The molecule has 26 heavy (non-hydrogen) atoms. The van der Waals surface area contributed by atoms with Crippen LogP contribution in [-0.2, 0) is 30.1 Å². The first-order valence-corrected chi connectivity index (χ1v) is 9.19. The van der Waals surface area contributed by atoms with Gasteiger partial charge in [-0.05, 0) is 30.7 Å². The quantitative estimate of drug-likeness (QED) is 0.377. The summed E-state index contributed by atoms with van der Waals surface area (Å²) in [6.45, 7) is 6.73. The molecule has 0 saturated heterocycles. The van der Waals surface area contributed by atoms with Crippen LogP contribution in [0, 0.1) is 0 Å². The van der Waals surface area contributed by atoms with Gasteiger partial charge in [0, 0.05) is 19.3 Å². The smallest absolute Gasteiger partial charge is 0.0701 e. The summed E-state index contributed by atoms with van der Waals surface area (Å²) >= 11 is 0. The first-order chi connectivity index (χ1) is 12.9. The van der Waals surface area contributed by atoms with Crippen molar-refractivity contribution in [3.05, 3.63) is 29.8 Å². The summed E-state index contributed by atoms with van der Waals surface area (Å²) in [6, 6.07) is 8.32. The number of nitrogens with two attached hydrogens (primary N) is 1. The van der Waals surface area contributed by atoms with E-state index in [-0.39, 0.29) is 0 Å². The molecular weight excluding hydrogens is 336 g/mol. The second-order valence-corrected chi connectivity index (χ2v) is 5.60. The third kappa shape index (κ3) is 13.0. The van der Waals surface area contributed by atoms with Crippen molar-refractivity contribution >= 4 is 5.69 Å². The molecule has 0 amide bonds. The number of benzene rings is 1. The molecule has 0 saturated carbocycles. The third-order valence-corrected chi connectivity index (χ3v) is 3.51. The van der Waals surface area contributed by atoms with Crippen LogP contribution in [0.3, 0.4) is 0 Å². The van der Waals surface area contributed by atoms with Crippen molar-refractivity contribution in [1.29, 1.82) is 0 Å². The molecule has 150 valence electrons. The number of ether oxygens (including phenoxy) is 5. The Bertz CT molecular complexity index is 417. The minimum absolute atomic E-state index is 0.564. The monoisotopic (exact) mass is 370 g/mol. The highest BCUT2D eigenvalue weighted by Gasteiger charge is 1.95. The van der Waals surface area contributed by atoms with Crippen molar-refractivity contribution < 1.29 is 23.7 Å². The average molecular weight is 370 g/mol. The summed E-state index contributed by atoms with van der Waals surface area (Å²) < 4.78 is 26.5. The maximum absolute atomic E-state index is 5.54. The van der Waals surface area contributed by atoms with Crippen LogP contribution in [-0.4, -0.2) is 79.7 Å². The van der Waals surface area contributed by atoms with E-state index in [2.05, 4.69) is 29.6 Å². The Morgan fingerprint density at radius 1 is 0.731 bits per heavy atom. The molecule has 0 atom stereocenters. The molecule has 0 unspecified atom stereocenters. The van der Waals surface area contributed by atoms with Crippen molar-refractivity contribution in [3.63, 3.8) is 0 Å². The largest absolute Gasteiger partial charge is 0.383 e. The van der Waals surface area contributed by atoms with E-state index < -0.39 is 0 Å². The van der Waals surface area contributed by atoms with E-state index in [4.69, 9.17) is 29.4 Å². The normalized spacial score (nSPS) is 11.0. The highest BCUT2D eigenvalue weighted by molar-refractivity contribution is 5.44. The Kier molecular flexibility index (Phi) is 15.1. The average Bonchev–Trinajstić information content (AvgIpc) is 2.66. The highest BCUT2D eigenvalue weighted by atomic mass is 16.6. The van der Waals surface area contributed by atoms with Gasteiger partial charge in [0.2, 0.25) is 0 Å². The van der Waals surface area contributed by atoms with Crippen LogP contribution in [0.4, 0.5) is 5.69 Å². The molecule has 0 bridgehead atoms. The number of hydrogen-bond donors (Lipinski definition) is 2. The standard InChI is InChI=1S/C19H34N2O5/c1-22-10-11-24-14-15-26-17-16-25-13-12-23-9-8-21-19-4-2-18(3-5-19)6-7-20/h2-5,21H,6-17,20H2,1H3. The Labute approximate surface area is 157 Å². The van der Waals surface area contributed by atoms with E-state index in [9.17, 15) is 0 Å². The minimum atomic E-state index is 0.564. The van der Waals surface area contributed by atoms with Gasteiger partial charge in [-0.1, -0.05) is 12.1 Å². The zero-order valence-corrected chi connectivity index (χ0v) is 15.9. The second-order valence-electron chi connectivity index (χ2n) is 5.60. The molecule has 0 spiro atoms.